The Balaban J connectivity index is 2.44. The average Bonchev–Trinajstić information content (AvgIpc) is 2.56. The fourth-order valence-corrected chi connectivity index (χ4v) is 1.92. The van der Waals surface area contributed by atoms with Gasteiger partial charge in [-0.1, -0.05) is 45.0 Å². The van der Waals surface area contributed by atoms with Gasteiger partial charge in [0.1, 0.15) is 5.69 Å². The molecule has 2 rings (SSSR count). The van der Waals surface area contributed by atoms with Crippen LogP contribution in [0.1, 0.15) is 32.0 Å². The van der Waals surface area contributed by atoms with E-state index in [0.29, 0.717) is 5.69 Å². The Morgan fingerprint density at radius 3 is 2.06 bits per heavy atom. The first-order valence-corrected chi connectivity index (χ1v) is 6.14. The van der Waals surface area contributed by atoms with Crippen molar-refractivity contribution >= 4 is 0 Å². The smallest absolute Gasteiger partial charge is 0.164 e. The molecule has 0 spiro atoms. The molecule has 0 aliphatic heterocycles. The minimum Gasteiger partial charge on any atom is -0.504 e. The summed E-state index contributed by atoms with van der Waals surface area (Å²) in [6.45, 7) is 8.41. The van der Waals surface area contributed by atoms with Crippen LogP contribution in [-0.4, -0.2) is 14.9 Å². The quantitative estimate of drug-likeness (QED) is 0.835. The molecule has 1 aromatic heterocycles. The van der Waals surface area contributed by atoms with Gasteiger partial charge in [0.2, 0.25) is 0 Å². The molecular weight excluding hydrogens is 224 g/mol. The van der Waals surface area contributed by atoms with E-state index in [1.807, 2.05) is 26.1 Å². The summed E-state index contributed by atoms with van der Waals surface area (Å²) >= 11 is 0. The van der Waals surface area contributed by atoms with Crippen LogP contribution in [0.2, 0.25) is 0 Å². The Kier molecular flexibility index (Phi) is 2.93. The van der Waals surface area contributed by atoms with Gasteiger partial charge < -0.3 is 5.11 Å². The SMILES string of the molecule is Cc1c(O)c(-c2ccc(C(C)(C)C)cc2)nn1C. The molecule has 0 bridgehead atoms. The van der Waals surface area contributed by atoms with Gasteiger partial charge in [-0.15, -0.1) is 0 Å². The van der Waals surface area contributed by atoms with Gasteiger partial charge in [-0.05, 0) is 17.9 Å². The Morgan fingerprint density at radius 2 is 1.67 bits per heavy atom. The minimum absolute atomic E-state index is 0.139. The van der Waals surface area contributed by atoms with Crippen LogP contribution in [0.25, 0.3) is 11.3 Å². The first-order valence-electron chi connectivity index (χ1n) is 6.14. The molecule has 0 aliphatic carbocycles. The van der Waals surface area contributed by atoms with Gasteiger partial charge in [-0.25, -0.2) is 0 Å². The number of hydrogen-bond acceptors (Lipinski definition) is 2. The monoisotopic (exact) mass is 244 g/mol. The van der Waals surface area contributed by atoms with Crippen molar-refractivity contribution in [3.05, 3.63) is 35.5 Å². The summed E-state index contributed by atoms with van der Waals surface area (Å²) in [5.41, 5.74) is 3.80. The summed E-state index contributed by atoms with van der Waals surface area (Å²) in [7, 11) is 1.84. The van der Waals surface area contributed by atoms with E-state index in [9.17, 15) is 5.11 Å². The Bertz CT molecular complexity index is 559. The van der Waals surface area contributed by atoms with Crippen molar-refractivity contribution in [3.8, 4) is 17.0 Å². The lowest BCUT2D eigenvalue weighted by Gasteiger charge is -2.18. The lowest BCUT2D eigenvalue weighted by atomic mass is 9.86. The van der Waals surface area contributed by atoms with Crippen molar-refractivity contribution in [1.82, 2.24) is 9.78 Å². The molecule has 0 saturated carbocycles. The predicted octanol–water partition coefficient (Wildman–Crippen LogP) is 3.40. The largest absolute Gasteiger partial charge is 0.504 e. The fourth-order valence-electron chi connectivity index (χ4n) is 1.92. The molecule has 0 fully saturated rings. The summed E-state index contributed by atoms with van der Waals surface area (Å²) in [5.74, 6) is 0.265. The van der Waals surface area contributed by atoms with Crippen molar-refractivity contribution in [2.45, 2.75) is 33.1 Å². The highest BCUT2D eigenvalue weighted by Gasteiger charge is 2.16. The summed E-state index contributed by atoms with van der Waals surface area (Å²) in [6, 6.07) is 8.22. The van der Waals surface area contributed by atoms with Crippen molar-refractivity contribution in [2.24, 2.45) is 7.05 Å². The number of nitrogens with zero attached hydrogens (tertiary/aromatic N) is 2. The Labute approximate surface area is 108 Å². The van der Waals surface area contributed by atoms with E-state index >= 15 is 0 Å². The highest BCUT2D eigenvalue weighted by Crippen LogP contribution is 2.32. The zero-order valence-electron chi connectivity index (χ0n) is 11.7. The highest BCUT2D eigenvalue weighted by molar-refractivity contribution is 5.67. The standard InChI is InChI=1S/C15H20N2O/c1-10-14(18)13(16-17(10)5)11-6-8-12(9-7-11)15(2,3)4/h6-9,18H,1-5H3. The van der Waals surface area contributed by atoms with E-state index in [0.717, 1.165) is 11.3 Å². The van der Waals surface area contributed by atoms with E-state index < -0.39 is 0 Å². The van der Waals surface area contributed by atoms with E-state index in [1.54, 1.807) is 4.68 Å². The van der Waals surface area contributed by atoms with Crippen molar-refractivity contribution < 1.29 is 5.11 Å². The van der Waals surface area contributed by atoms with Crippen LogP contribution in [-0.2, 0) is 12.5 Å². The summed E-state index contributed by atoms with van der Waals surface area (Å²) < 4.78 is 1.70. The van der Waals surface area contributed by atoms with Crippen molar-refractivity contribution in [2.75, 3.05) is 0 Å². The number of aromatic nitrogens is 2. The minimum atomic E-state index is 0.139. The molecule has 3 heteroatoms. The molecule has 0 amide bonds. The third-order valence-electron chi connectivity index (χ3n) is 3.33. The van der Waals surface area contributed by atoms with Crippen LogP contribution < -0.4 is 0 Å². The van der Waals surface area contributed by atoms with Crippen LogP contribution in [0.3, 0.4) is 0 Å². The Hall–Kier alpha value is -1.77. The molecule has 0 radical (unpaired) electrons. The van der Waals surface area contributed by atoms with Crippen molar-refractivity contribution in [3.63, 3.8) is 0 Å². The molecule has 0 atom stereocenters. The maximum absolute atomic E-state index is 10.0. The molecule has 0 unspecified atom stereocenters. The molecule has 18 heavy (non-hydrogen) atoms. The lowest BCUT2D eigenvalue weighted by molar-refractivity contribution is 0.471. The maximum atomic E-state index is 10.0. The number of hydrogen-bond donors (Lipinski definition) is 1. The van der Waals surface area contributed by atoms with Gasteiger partial charge in [0.15, 0.2) is 5.75 Å². The van der Waals surface area contributed by atoms with E-state index in [4.69, 9.17) is 0 Å². The van der Waals surface area contributed by atoms with Crippen LogP contribution in [0.4, 0.5) is 0 Å². The maximum Gasteiger partial charge on any atom is 0.164 e. The second-order valence-corrected chi connectivity index (χ2v) is 5.73. The molecule has 1 N–H and O–H groups in total. The molecule has 1 aromatic carbocycles. The summed E-state index contributed by atoms with van der Waals surface area (Å²) in [6.07, 6.45) is 0. The summed E-state index contributed by atoms with van der Waals surface area (Å²) in [5, 5.41) is 14.4. The fraction of sp³-hybridized carbons (Fsp3) is 0.400. The second-order valence-electron chi connectivity index (χ2n) is 5.73. The third-order valence-corrected chi connectivity index (χ3v) is 3.33. The van der Waals surface area contributed by atoms with E-state index in [2.05, 4.69) is 38.0 Å². The zero-order chi connectivity index (χ0) is 13.5. The van der Waals surface area contributed by atoms with Gasteiger partial charge in [-0.2, -0.15) is 5.10 Å². The number of aromatic hydroxyl groups is 1. The molecule has 2 aromatic rings. The lowest BCUT2D eigenvalue weighted by Crippen LogP contribution is -2.10. The third kappa shape index (κ3) is 2.13. The van der Waals surface area contributed by atoms with E-state index in [1.165, 1.54) is 5.56 Å². The first-order chi connectivity index (χ1) is 8.30. The molecule has 0 aliphatic rings. The number of rotatable bonds is 1. The van der Waals surface area contributed by atoms with Crippen LogP contribution >= 0.6 is 0 Å². The topological polar surface area (TPSA) is 38.1 Å². The van der Waals surface area contributed by atoms with Crippen molar-refractivity contribution in [1.29, 1.82) is 0 Å². The van der Waals surface area contributed by atoms with Crippen LogP contribution in [0.5, 0.6) is 5.75 Å². The Morgan fingerprint density at radius 1 is 1.11 bits per heavy atom. The number of aryl methyl sites for hydroxylation is 1. The normalized spacial score (nSPS) is 11.8. The molecule has 3 nitrogen and oxygen atoms in total. The number of benzene rings is 1. The first kappa shape index (κ1) is 12.7. The molecule has 1 heterocycles. The summed E-state index contributed by atoms with van der Waals surface area (Å²) in [4.78, 5) is 0. The van der Waals surface area contributed by atoms with Gasteiger partial charge in [0, 0.05) is 12.6 Å². The molecular formula is C15H20N2O. The molecule has 0 saturated heterocycles. The highest BCUT2D eigenvalue weighted by atomic mass is 16.3. The van der Waals surface area contributed by atoms with Crippen LogP contribution in [0.15, 0.2) is 24.3 Å². The van der Waals surface area contributed by atoms with Gasteiger partial charge in [-0.3, -0.25) is 4.68 Å². The van der Waals surface area contributed by atoms with Crippen LogP contribution in [0, 0.1) is 6.92 Å². The zero-order valence-corrected chi connectivity index (χ0v) is 11.7. The second kappa shape index (κ2) is 4.16. The van der Waals surface area contributed by atoms with Gasteiger partial charge >= 0.3 is 0 Å². The van der Waals surface area contributed by atoms with Gasteiger partial charge in [0.25, 0.3) is 0 Å². The molecule has 96 valence electrons. The van der Waals surface area contributed by atoms with Gasteiger partial charge in [0.05, 0.1) is 5.69 Å². The average molecular weight is 244 g/mol. The predicted molar refractivity (Wildman–Crippen MR) is 73.7 cm³/mol. The van der Waals surface area contributed by atoms with E-state index in [-0.39, 0.29) is 11.2 Å².